The Morgan fingerprint density at radius 2 is 1.31 bits per heavy atom. The zero-order valence-corrected chi connectivity index (χ0v) is 9.59. The van der Waals surface area contributed by atoms with Gasteiger partial charge in [0.25, 0.3) is 0 Å². The van der Waals surface area contributed by atoms with E-state index in [0.717, 1.165) is 12.8 Å². The van der Waals surface area contributed by atoms with Gasteiger partial charge in [-0.05, 0) is 23.3 Å². The molecule has 2 rings (SSSR count). The molecular formula is C10H16N4O2. The van der Waals surface area contributed by atoms with E-state index in [1.807, 2.05) is 13.8 Å². The van der Waals surface area contributed by atoms with Crippen molar-refractivity contribution in [2.75, 3.05) is 13.1 Å². The summed E-state index contributed by atoms with van der Waals surface area (Å²) in [6.45, 7) is 4.95. The smallest absolute Gasteiger partial charge is 0.246 e. The summed E-state index contributed by atoms with van der Waals surface area (Å²) in [6, 6.07) is 0. The minimum absolute atomic E-state index is 0.0107. The number of hydrogen-bond donors (Lipinski definition) is 0. The second kappa shape index (κ2) is 4.19. The van der Waals surface area contributed by atoms with Crippen LogP contribution in [0.2, 0.25) is 0 Å². The van der Waals surface area contributed by atoms with E-state index < -0.39 is 0 Å². The van der Waals surface area contributed by atoms with E-state index in [0.29, 0.717) is 13.1 Å². The van der Waals surface area contributed by atoms with Crippen LogP contribution in [-0.4, -0.2) is 34.9 Å². The van der Waals surface area contributed by atoms with Crippen LogP contribution in [0.15, 0.2) is 10.4 Å². The Morgan fingerprint density at radius 3 is 1.56 bits per heavy atom. The Morgan fingerprint density at radius 1 is 0.938 bits per heavy atom. The van der Waals surface area contributed by atoms with Crippen LogP contribution in [0.1, 0.15) is 26.7 Å². The molecular weight excluding hydrogens is 208 g/mol. The minimum Gasteiger partial charge on any atom is -0.273 e. The monoisotopic (exact) mass is 224 g/mol. The van der Waals surface area contributed by atoms with Crippen molar-refractivity contribution < 1.29 is 9.59 Å². The molecule has 0 N–H and O–H groups in total. The summed E-state index contributed by atoms with van der Waals surface area (Å²) in [5.74, 6) is 0.0196. The Bertz CT molecular complexity index is 310. The highest BCUT2D eigenvalue weighted by atomic mass is 16.2. The van der Waals surface area contributed by atoms with Crippen molar-refractivity contribution in [3.8, 4) is 0 Å². The number of carbonyl (C=O) groups excluding carboxylic acids is 2. The summed E-state index contributed by atoms with van der Waals surface area (Å²) in [6.07, 6.45) is 1.62. The van der Waals surface area contributed by atoms with Crippen molar-refractivity contribution in [3.63, 3.8) is 0 Å². The van der Waals surface area contributed by atoms with Crippen molar-refractivity contribution in [2.24, 2.45) is 22.3 Å². The van der Waals surface area contributed by atoms with Gasteiger partial charge < -0.3 is 0 Å². The van der Waals surface area contributed by atoms with Crippen LogP contribution in [0.3, 0.4) is 0 Å². The van der Waals surface area contributed by atoms with Crippen LogP contribution < -0.4 is 0 Å². The van der Waals surface area contributed by atoms with Gasteiger partial charge in [0.15, 0.2) is 0 Å². The molecule has 88 valence electrons. The molecule has 2 unspecified atom stereocenters. The topological polar surface area (TPSA) is 65.3 Å². The molecule has 0 aromatic carbocycles. The average molecular weight is 224 g/mol. The third kappa shape index (κ3) is 1.91. The van der Waals surface area contributed by atoms with Crippen LogP contribution in [0.5, 0.6) is 0 Å². The first kappa shape index (κ1) is 11.0. The number of rotatable bonds is 2. The quantitative estimate of drug-likeness (QED) is 0.657. The molecule has 2 aliphatic heterocycles. The molecule has 6 nitrogen and oxygen atoms in total. The second-order valence-corrected chi connectivity index (χ2v) is 4.48. The van der Waals surface area contributed by atoms with Crippen LogP contribution in [0.4, 0.5) is 0 Å². The maximum atomic E-state index is 11.5. The lowest BCUT2D eigenvalue weighted by Gasteiger charge is -2.10. The van der Waals surface area contributed by atoms with Crippen molar-refractivity contribution in [1.29, 1.82) is 0 Å². The molecule has 2 amide bonds. The first-order chi connectivity index (χ1) is 7.59. The second-order valence-electron chi connectivity index (χ2n) is 4.48. The fourth-order valence-corrected chi connectivity index (χ4v) is 1.88. The van der Waals surface area contributed by atoms with Gasteiger partial charge in [0.2, 0.25) is 11.8 Å². The van der Waals surface area contributed by atoms with E-state index in [1.54, 1.807) is 0 Å². The first-order valence-electron chi connectivity index (χ1n) is 5.64. The molecule has 2 aliphatic rings. The fraction of sp³-hybridized carbons (Fsp3) is 0.800. The Balaban J connectivity index is 1.95. The van der Waals surface area contributed by atoms with Crippen molar-refractivity contribution in [3.05, 3.63) is 0 Å². The fourth-order valence-electron chi connectivity index (χ4n) is 1.88. The third-order valence-electron chi connectivity index (χ3n) is 3.16. The zero-order chi connectivity index (χ0) is 11.7. The minimum atomic E-state index is -0.0107. The molecule has 0 aromatic heterocycles. The van der Waals surface area contributed by atoms with Gasteiger partial charge in [0.1, 0.15) is 0 Å². The van der Waals surface area contributed by atoms with E-state index in [4.69, 9.17) is 0 Å². The van der Waals surface area contributed by atoms with Crippen LogP contribution >= 0.6 is 0 Å². The van der Waals surface area contributed by atoms with Crippen LogP contribution in [-0.2, 0) is 9.59 Å². The molecule has 2 saturated heterocycles. The van der Waals surface area contributed by atoms with E-state index >= 15 is 0 Å². The van der Waals surface area contributed by atoms with Gasteiger partial charge in [-0.2, -0.15) is 0 Å². The van der Waals surface area contributed by atoms with Gasteiger partial charge in [-0.15, -0.1) is 0 Å². The largest absolute Gasteiger partial charge is 0.273 e. The average Bonchev–Trinajstić information content (AvgIpc) is 2.74. The molecule has 0 bridgehead atoms. The van der Waals surface area contributed by atoms with Crippen LogP contribution in [0, 0.1) is 11.8 Å². The SMILES string of the molecule is CC1CCN(/N=N/N2CCC(C)C2=O)C1=O. The highest BCUT2D eigenvalue weighted by molar-refractivity contribution is 5.80. The number of carbonyl (C=O) groups is 2. The van der Waals surface area contributed by atoms with Crippen molar-refractivity contribution in [1.82, 2.24) is 10.0 Å². The van der Waals surface area contributed by atoms with E-state index in [1.165, 1.54) is 10.0 Å². The lowest BCUT2D eigenvalue weighted by atomic mass is 10.1. The van der Waals surface area contributed by atoms with Crippen LogP contribution in [0.25, 0.3) is 0 Å². The maximum absolute atomic E-state index is 11.5. The molecule has 0 spiro atoms. The van der Waals surface area contributed by atoms with E-state index in [9.17, 15) is 9.59 Å². The predicted molar refractivity (Wildman–Crippen MR) is 55.8 cm³/mol. The highest BCUT2D eigenvalue weighted by Gasteiger charge is 2.30. The molecule has 16 heavy (non-hydrogen) atoms. The van der Waals surface area contributed by atoms with Crippen molar-refractivity contribution in [2.45, 2.75) is 26.7 Å². The predicted octanol–water partition coefficient (Wildman–Crippen LogP) is 1.01. The van der Waals surface area contributed by atoms with Gasteiger partial charge in [-0.1, -0.05) is 13.8 Å². The Kier molecular flexibility index (Phi) is 2.89. The molecule has 0 aromatic rings. The summed E-state index contributed by atoms with van der Waals surface area (Å²) in [5, 5.41) is 10.4. The maximum Gasteiger partial charge on any atom is 0.246 e. The lowest BCUT2D eigenvalue weighted by Crippen LogP contribution is -2.24. The summed E-state index contributed by atoms with van der Waals surface area (Å²) >= 11 is 0. The molecule has 2 heterocycles. The standard InChI is InChI=1S/C10H16N4O2/c1-7-3-5-13(9(7)15)11-12-14-6-4-8(2)10(14)16/h7-8H,3-6H2,1-2H3/b12-11+. The van der Waals surface area contributed by atoms with Gasteiger partial charge in [-0.3, -0.25) is 9.59 Å². The molecule has 0 aliphatic carbocycles. The van der Waals surface area contributed by atoms with Gasteiger partial charge >= 0.3 is 0 Å². The van der Waals surface area contributed by atoms with E-state index in [-0.39, 0.29) is 23.7 Å². The normalized spacial score (nSPS) is 31.1. The summed E-state index contributed by atoms with van der Waals surface area (Å²) in [7, 11) is 0. The van der Waals surface area contributed by atoms with E-state index in [2.05, 4.69) is 10.4 Å². The Hall–Kier alpha value is -1.46. The van der Waals surface area contributed by atoms with Gasteiger partial charge in [0, 0.05) is 24.9 Å². The number of hydrogen-bond acceptors (Lipinski definition) is 4. The first-order valence-corrected chi connectivity index (χ1v) is 5.64. The third-order valence-corrected chi connectivity index (χ3v) is 3.16. The summed E-state index contributed by atoms with van der Waals surface area (Å²) < 4.78 is 0. The number of nitrogens with zero attached hydrogens (tertiary/aromatic N) is 4. The molecule has 0 saturated carbocycles. The Labute approximate surface area is 94.2 Å². The lowest BCUT2D eigenvalue weighted by molar-refractivity contribution is -0.134. The molecule has 2 atom stereocenters. The number of amides is 2. The van der Waals surface area contributed by atoms with Gasteiger partial charge in [0.05, 0.1) is 0 Å². The summed E-state index contributed by atoms with van der Waals surface area (Å²) in [5.41, 5.74) is 0. The summed E-state index contributed by atoms with van der Waals surface area (Å²) in [4.78, 5) is 23.0. The molecule has 2 fully saturated rings. The highest BCUT2D eigenvalue weighted by Crippen LogP contribution is 2.20. The van der Waals surface area contributed by atoms with Crippen molar-refractivity contribution >= 4 is 11.8 Å². The van der Waals surface area contributed by atoms with Gasteiger partial charge in [-0.25, -0.2) is 10.0 Å². The zero-order valence-electron chi connectivity index (χ0n) is 9.59. The molecule has 0 radical (unpaired) electrons. The molecule has 6 heteroatoms.